The highest BCUT2D eigenvalue weighted by Gasteiger charge is 2.22. The van der Waals surface area contributed by atoms with Crippen LogP contribution < -0.4 is 10.3 Å². The summed E-state index contributed by atoms with van der Waals surface area (Å²) >= 11 is 0. The summed E-state index contributed by atoms with van der Waals surface area (Å²) in [5, 5.41) is 17.4. The smallest absolute Gasteiger partial charge is 0.269 e. The number of nitrogens with zero attached hydrogens (tertiary/aromatic N) is 3. The molecule has 1 N–H and O–H groups in total. The third kappa shape index (κ3) is 3.07. The number of benzene rings is 1. The molecular formula is C12H16N4O3. The van der Waals surface area contributed by atoms with E-state index in [1.54, 1.807) is 17.1 Å². The molecule has 0 radical (unpaired) electrons. The number of amides is 1. The SMILES string of the molecule is CC(=O)N(c1ccc([N+](=O)[O-])cc1)N1CCNCC1. The van der Waals surface area contributed by atoms with Crippen LogP contribution in [0.15, 0.2) is 24.3 Å². The number of hydrogen-bond acceptors (Lipinski definition) is 5. The summed E-state index contributed by atoms with van der Waals surface area (Å²) in [5.74, 6) is -0.101. The topological polar surface area (TPSA) is 78.7 Å². The van der Waals surface area contributed by atoms with Crippen LogP contribution in [-0.4, -0.2) is 42.0 Å². The van der Waals surface area contributed by atoms with Gasteiger partial charge in [0.1, 0.15) is 0 Å². The Hall–Kier alpha value is -1.99. The molecule has 0 saturated carbocycles. The zero-order valence-corrected chi connectivity index (χ0v) is 10.7. The summed E-state index contributed by atoms with van der Waals surface area (Å²) in [7, 11) is 0. The van der Waals surface area contributed by atoms with Gasteiger partial charge in [-0.05, 0) is 12.1 Å². The van der Waals surface area contributed by atoms with E-state index in [1.807, 2.05) is 5.01 Å². The number of carbonyl (C=O) groups is 1. The highest BCUT2D eigenvalue weighted by Crippen LogP contribution is 2.21. The number of hydrogen-bond donors (Lipinski definition) is 1. The van der Waals surface area contributed by atoms with Crippen LogP contribution in [0.2, 0.25) is 0 Å². The van der Waals surface area contributed by atoms with E-state index in [0.29, 0.717) is 5.69 Å². The van der Waals surface area contributed by atoms with E-state index in [1.165, 1.54) is 19.1 Å². The van der Waals surface area contributed by atoms with Crippen LogP contribution >= 0.6 is 0 Å². The van der Waals surface area contributed by atoms with Gasteiger partial charge in [-0.2, -0.15) is 0 Å². The zero-order valence-electron chi connectivity index (χ0n) is 10.7. The minimum Gasteiger partial charge on any atom is -0.314 e. The van der Waals surface area contributed by atoms with Gasteiger partial charge in [0, 0.05) is 45.2 Å². The van der Waals surface area contributed by atoms with Crippen LogP contribution in [0, 0.1) is 10.1 Å². The highest BCUT2D eigenvalue weighted by atomic mass is 16.6. The summed E-state index contributed by atoms with van der Waals surface area (Å²) in [6, 6.07) is 6.02. The molecular weight excluding hydrogens is 248 g/mol. The maximum Gasteiger partial charge on any atom is 0.269 e. The molecule has 19 heavy (non-hydrogen) atoms. The van der Waals surface area contributed by atoms with Gasteiger partial charge in [-0.25, -0.2) is 10.0 Å². The van der Waals surface area contributed by atoms with Crippen molar-refractivity contribution in [1.82, 2.24) is 10.3 Å². The number of hydrazine groups is 1. The first-order chi connectivity index (χ1) is 9.09. The Morgan fingerprint density at radius 1 is 1.32 bits per heavy atom. The second-order valence-corrected chi connectivity index (χ2v) is 4.31. The Balaban J connectivity index is 2.23. The number of nitrogens with one attached hydrogen (secondary N) is 1. The molecule has 0 bridgehead atoms. The molecule has 0 unspecified atom stereocenters. The second kappa shape index (κ2) is 5.77. The number of anilines is 1. The Bertz CT molecular complexity index is 468. The molecule has 7 nitrogen and oxygen atoms in total. The number of piperazine rings is 1. The average molecular weight is 264 g/mol. The second-order valence-electron chi connectivity index (χ2n) is 4.31. The molecule has 1 amide bonds. The molecule has 102 valence electrons. The minimum atomic E-state index is -0.452. The number of carbonyl (C=O) groups excluding carboxylic acids is 1. The number of nitro benzene ring substituents is 1. The molecule has 1 aliphatic rings. The van der Waals surface area contributed by atoms with Crippen LogP contribution in [0.4, 0.5) is 11.4 Å². The first-order valence-corrected chi connectivity index (χ1v) is 6.10. The van der Waals surface area contributed by atoms with E-state index < -0.39 is 4.92 Å². The lowest BCUT2D eigenvalue weighted by molar-refractivity contribution is -0.384. The van der Waals surface area contributed by atoms with Crippen LogP contribution in [0.1, 0.15) is 6.92 Å². The van der Waals surface area contributed by atoms with Crippen molar-refractivity contribution >= 4 is 17.3 Å². The van der Waals surface area contributed by atoms with Crippen molar-refractivity contribution in [3.63, 3.8) is 0 Å². The Morgan fingerprint density at radius 3 is 2.37 bits per heavy atom. The summed E-state index contributed by atoms with van der Waals surface area (Å²) in [4.78, 5) is 22.0. The molecule has 1 aromatic carbocycles. The lowest BCUT2D eigenvalue weighted by Crippen LogP contribution is -2.54. The minimum absolute atomic E-state index is 0.0209. The third-order valence-electron chi connectivity index (χ3n) is 2.98. The van der Waals surface area contributed by atoms with E-state index in [4.69, 9.17) is 0 Å². The lowest BCUT2D eigenvalue weighted by atomic mass is 10.2. The molecule has 7 heteroatoms. The van der Waals surface area contributed by atoms with Crippen LogP contribution in [0.3, 0.4) is 0 Å². The monoisotopic (exact) mass is 264 g/mol. The summed E-state index contributed by atoms with van der Waals surface area (Å²) < 4.78 is 0. The van der Waals surface area contributed by atoms with E-state index in [2.05, 4.69) is 5.32 Å². The normalized spacial score (nSPS) is 16.1. The fraction of sp³-hybridized carbons (Fsp3) is 0.417. The van der Waals surface area contributed by atoms with Gasteiger partial charge in [0.25, 0.3) is 5.69 Å². The largest absolute Gasteiger partial charge is 0.314 e. The summed E-state index contributed by atoms with van der Waals surface area (Å²) in [5.41, 5.74) is 0.674. The molecule has 0 spiro atoms. The number of nitro groups is 1. The molecule has 1 fully saturated rings. The summed E-state index contributed by atoms with van der Waals surface area (Å²) in [6.45, 7) is 4.59. The maximum atomic E-state index is 11.8. The predicted octanol–water partition coefficient (Wildman–Crippen LogP) is 0.768. The van der Waals surface area contributed by atoms with Gasteiger partial charge in [-0.3, -0.25) is 14.9 Å². The predicted molar refractivity (Wildman–Crippen MR) is 70.7 cm³/mol. The van der Waals surface area contributed by atoms with Crippen LogP contribution in [0.25, 0.3) is 0 Å². The van der Waals surface area contributed by atoms with Gasteiger partial charge in [0.15, 0.2) is 0 Å². The highest BCUT2D eigenvalue weighted by molar-refractivity contribution is 5.90. The van der Waals surface area contributed by atoms with Gasteiger partial charge in [0.2, 0.25) is 5.91 Å². The molecule has 0 aliphatic carbocycles. The average Bonchev–Trinajstić information content (AvgIpc) is 2.40. The van der Waals surface area contributed by atoms with Crippen LogP contribution in [0.5, 0.6) is 0 Å². The molecule has 1 aromatic rings. The van der Waals surface area contributed by atoms with E-state index in [0.717, 1.165) is 26.2 Å². The molecule has 1 aliphatic heterocycles. The molecule has 1 heterocycles. The van der Waals surface area contributed by atoms with Crippen LogP contribution in [-0.2, 0) is 4.79 Å². The van der Waals surface area contributed by atoms with Crippen molar-refractivity contribution in [1.29, 1.82) is 0 Å². The van der Waals surface area contributed by atoms with Crippen molar-refractivity contribution in [3.05, 3.63) is 34.4 Å². The van der Waals surface area contributed by atoms with E-state index >= 15 is 0 Å². The first kappa shape index (κ1) is 13.4. The van der Waals surface area contributed by atoms with Gasteiger partial charge in [-0.1, -0.05) is 0 Å². The van der Waals surface area contributed by atoms with Gasteiger partial charge in [-0.15, -0.1) is 0 Å². The van der Waals surface area contributed by atoms with Crippen molar-refractivity contribution < 1.29 is 9.72 Å². The molecule has 0 atom stereocenters. The molecule has 2 rings (SSSR count). The Labute approximate surface area is 110 Å². The first-order valence-electron chi connectivity index (χ1n) is 6.10. The van der Waals surface area contributed by atoms with E-state index in [9.17, 15) is 14.9 Å². The van der Waals surface area contributed by atoms with Crippen molar-refractivity contribution in [2.24, 2.45) is 0 Å². The van der Waals surface area contributed by atoms with Gasteiger partial charge < -0.3 is 5.32 Å². The standard InChI is InChI=1S/C12H16N4O3/c1-10(17)15(14-8-6-13-7-9-14)11-2-4-12(5-3-11)16(18)19/h2-5,13H,6-9H2,1H3. The van der Waals surface area contributed by atoms with Crippen molar-refractivity contribution in [3.8, 4) is 0 Å². The van der Waals surface area contributed by atoms with Crippen molar-refractivity contribution in [2.45, 2.75) is 6.92 Å². The van der Waals surface area contributed by atoms with E-state index in [-0.39, 0.29) is 11.6 Å². The number of non-ortho nitro benzene ring substituents is 1. The molecule has 0 aromatic heterocycles. The zero-order chi connectivity index (χ0) is 13.8. The summed E-state index contributed by atoms with van der Waals surface area (Å²) in [6.07, 6.45) is 0. The quantitative estimate of drug-likeness (QED) is 0.644. The Kier molecular flexibility index (Phi) is 4.08. The number of rotatable bonds is 3. The lowest BCUT2D eigenvalue weighted by Gasteiger charge is -2.36. The maximum absolute atomic E-state index is 11.8. The third-order valence-corrected chi connectivity index (χ3v) is 2.98. The molecule has 1 saturated heterocycles. The van der Waals surface area contributed by atoms with Crippen molar-refractivity contribution in [2.75, 3.05) is 31.2 Å². The Morgan fingerprint density at radius 2 is 1.89 bits per heavy atom. The van der Waals surface area contributed by atoms with Gasteiger partial charge in [0.05, 0.1) is 10.6 Å². The van der Waals surface area contributed by atoms with Gasteiger partial charge >= 0.3 is 0 Å². The fourth-order valence-corrected chi connectivity index (χ4v) is 2.11. The fourth-order valence-electron chi connectivity index (χ4n) is 2.11.